The first-order valence-electron chi connectivity index (χ1n) is 8.60. The van der Waals surface area contributed by atoms with E-state index >= 15 is 0 Å². The first-order valence-corrected chi connectivity index (χ1v) is 8.98. The Bertz CT molecular complexity index is 1060. The average molecular weight is 383 g/mol. The second-order valence-electron chi connectivity index (χ2n) is 6.42. The van der Waals surface area contributed by atoms with Crippen LogP contribution in [-0.2, 0) is 11.3 Å². The summed E-state index contributed by atoms with van der Waals surface area (Å²) in [5.74, 6) is -0.401. The molecule has 5 nitrogen and oxygen atoms in total. The number of carbonyl (C=O) groups is 2. The number of aryl methyl sites for hydroxylation is 1. The first-order chi connectivity index (χ1) is 12.9. The molecular formula is C21H19ClN2O3. The van der Waals surface area contributed by atoms with Gasteiger partial charge in [0.2, 0.25) is 5.91 Å². The van der Waals surface area contributed by atoms with E-state index in [1.165, 1.54) is 0 Å². The number of rotatable bonds is 6. The molecule has 2 N–H and O–H groups in total. The largest absolute Gasteiger partial charge is 0.352 e. The SMILES string of the molecule is Cc1ccc2[nH]c(=O)c(CNC(=O)CCC(=O)c3ccc(Cl)cc3)cc2c1. The highest BCUT2D eigenvalue weighted by molar-refractivity contribution is 6.30. The van der Waals surface area contributed by atoms with Crippen molar-refractivity contribution in [2.75, 3.05) is 0 Å². The number of H-pyrrole nitrogens is 1. The van der Waals surface area contributed by atoms with Gasteiger partial charge < -0.3 is 10.3 Å². The zero-order valence-corrected chi connectivity index (χ0v) is 15.6. The van der Waals surface area contributed by atoms with Crippen molar-refractivity contribution in [3.8, 4) is 0 Å². The van der Waals surface area contributed by atoms with Crippen LogP contribution < -0.4 is 10.9 Å². The molecule has 3 rings (SSSR count). The number of halogens is 1. The van der Waals surface area contributed by atoms with Crippen LogP contribution >= 0.6 is 11.6 Å². The minimum atomic E-state index is -0.277. The Balaban J connectivity index is 1.58. The molecule has 0 aliphatic carbocycles. The van der Waals surface area contributed by atoms with Gasteiger partial charge in [-0.15, -0.1) is 0 Å². The van der Waals surface area contributed by atoms with Crippen molar-refractivity contribution in [1.29, 1.82) is 0 Å². The quantitative estimate of drug-likeness (QED) is 0.637. The summed E-state index contributed by atoms with van der Waals surface area (Å²) < 4.78 is 0. The number of carbonyl (C=O) groups excluding carboxylic acids is 2. The second kappa shape index (κ2) is 8.18. The van der Waals surface area contributed by atoms with E-state index in [0.29, 0.717) is 16.1 Å². The molecule has 27 heavy (non-hydrogen) atoms. The van der Waals surface area contributed by atoms with Gasteiger partial charge in [0.05, 0.1) is 0 Å². The summed E-state index contributed by atoms with van der Waals surface area (Å²) in [6.45, 7) is 2.09. The highest BCUT2D eigenvalue weighted by Gasteiger charge is 2.10. The van der Waals surface area contributed by atoms with Crippen LogP contribution in [0.2, 0.25) is 5.02 Å². The van der Waals surface area contributed by atoms with Gasteiger partial charge in [-0.3, -0.25) is 14.4 Å². The van der Waals surface area contributed by atoms with E-state index in [-0.39, 0.29) is 36.6 Å². The number of hydrogen-bond acceptors (Lipinski definition) is 3. The zero-order valence-electron chi connectivity index (χ0n) is 14.8. The predicted octanol–water partition coefficient (Wildman–Crippen LogP) is 3.77. The van der Waals surface area contributed by atoms with Gasteiger partial charge in [-0.05, 0) is 54.8 Å². The molecule has 0 saturated carbocycles. The summed E-state index contributed by atoms with van der Waals surface area (Å²) in [5.41, 5.74) is 2.61. The number of aromatic nitrogens is 1. The molecule has 138 valence electrons. The maximum Gasteiger partial charge on any atom is 0.253 e. The number of nitrogens with one attached hydrogen (secondary N) is 2. The van der Waals surface area contributed by atoms with E-state index in [4.69, 9.17) is 11.6 Å². The molecule has 0 aliphatic heterocycles. The summed E-state index contributed by atoms with van der Waals surface area (Å²) >= 11 is 5.80. The zero-order chi connectivity index (χ0) is 19.4. The predicted molar refractivity (Wildman–Crippen MR) is 106 cm³/mol. The number of hydrogen-bond donors (Lipinski definition) is 2. The lowest BCUT2D eigenvalue weighted by molar-refractivity contribution is -0.121. The van der Waals surface area contributed by atoms with Gasteiger partial charge in [0, 0.05) is 41.1 Å². The van der Waals surface area contributed by atoms with Crippen LogP contribution in [0.25, 0.3) is 10.9 Å². The van der Waals surface area contributed by atoms with Crippen molar-refractivity contribution in [3.05, 3.63) is 80.6 Å². The lowest BCUT2D eigenvalue weighted by Gasteiger charge is -2.07. The maximum atomic E-state index is 12.1. The third-order valence-electron chi connectivity index (χ3n) is 4.30. The van der Waals surface area contributed by atoms with Crippen molar-refractivity contribution in [2.45, 2.75) is 26.3 Å². The normalized spacial score (nSPS) is 10.7. The van der Waals surface area contributed by atoms with E-state index in [1.54, 1.807) is 30.3 Å². The number of aromatic amines is 1. The molecule has 1 amide bonds. The summed E-state index contributed by atoms with van der Waals surface area (Å²) in [7, 11) is 0. The minimum absolute atomic E-state index is 0.0616. The highest BCUT2D eigenvalue weighted by atomic mass is 35.5. The molecule has 6 heteroatoms. The summed E-state index contributed by atoms with van der Waals surface area (Å²) in [6, 6.07) is 14.1. The van der Waals surface area contributed by atoms with Gasteiger partial charge in [-0.25, -0.2) is 0 Å². The molecule has 1 aromatic heterocycles. The van der Waals surface area contributed by atoms with Crippen LogP contribution in [0, 0.1) is 6.92 Å². The standard InChI is InChI=1S/C21H19ClN2O3/c1-13-2-7-18-15(10-13)11-16(21(27)24-18)12-23-20(26)9-8-19(25)14-3-5-17(22)6-4-14/h2-7,10-11H,8-9,12H2,1H3,(H,23,26)(H,24,27). The Morgan fingerprint density at radius 1 is 1.04 bits per heavy atom. The second-order valence-corrected chi connectivity index (χ2v) is 6.86. The van der Waals surface area contributed by atoms with E-state index in [2.05, 4.69) is 10.3 Å². The number of fused-ring (bicyclic) bond motifs is 1. The molecule has 0 saturated heterocycles. The number of ketones is 1. The molecular weight excluding hydrogens is 364 g/mol. The summed E-state index contributed by atoms with van der Waals surface area (Å²) in [5, 5.41) is 4.17. The summed E-state index contributed by atoms with van der Waals surface area (Å²) in [4.78, 5) is 39.1. The monoisotopic (exact) mass is 382 g/mol. The minimum Gasteiger partial charge on any atom is -0.352 e. The highest BCUT2D eigenvalue weighted by Crippen LogP contribution is 2.14. The van der Waals surface area contributed by atoms with Crippen LogP contribution in [0.4, 0.5) is 0 Å². The van der Waals surface area contributed by atoms with Crippen molar-refractivity contribution in [1.82, 2.24) is 10.3 Å². The Hall–Kier alpha value is -2.92. The molecule has 0 radical (unpaired) electrons. The number of benzene rings is 2. The van der Waals surface area contributed by atoms with E-state index in [0.717, 1.165) is 16.5 Å². The summed E-state index contributed by atoms with van der Waals surface area (Å²) in [6.07, 6.45) is 0.160. The topological polar surface area (TPSA) is 79.0 Å². The lowest BCUT2D eigenvalue weighted by Crippen LogP contribution is -2.27. The van der Waals surface area contributed by atoms with Crippen molar-refractivity contribution in [3.63, 3.8) is 0 Å². The van der Waals surface area contributed by atoms with Crippen molar-refractivity contribution < 1.29 is 9.59 Å². The van der Waals surface area contributed by atoms with Gasteiger partial charge in [-0.1, -0.05) is 23.2 Å². The van der Waals surface area contributed by atoms with Crippen molar-refractivity contribution in [2.24, 2.45) is 0 Å². The maximum absolute atomic E-state index is 12.1. The van der Waals surface area contributed by atoms with Gasteiger partial charge in [0.15, 0.2) is 5.78 Å². The molecule has 1 heterocycles. The van der Waals surface area contributed by atoms with E-state index in [1.807, 2.05) is 25.1 Å². The van der Waals surface area contributed by atoms with Crippen LogP contribution in [0.1, 0.15) is 34.3 Å². The molecule has 0 fully saturated rings. The fourth-order valence-electron chi connectivity index (χ4n) is 2.79. The smallest absolute Gasteiger partial charge is 0.253 e. The molecule has 3 aromatic rings. The molecule has 0 spiro atoms. The lowest BCUT2D eigenvalue weighted by atomic mass is 10.1. The third-order valence-corrected chi connectivity index (χ3v) is 4.55. The molecule has 0 aliphatic rings. The van der Waals surface area contributed by atoms with E-state index < -0.39 is 0 Å². The molecule has 0 unspecified atom stereocenters. The van der Waals surface area contributed by atoms with Gasteiger partial charge >= 0.3 is 0 Å². The number of pyridine rings is 1. The van der Waals surface area contributed by atoms with Gasteiger partial charge in [0.25, 0.3) is 5.56 Å². The Kier molecular flexibility index (Phi) is 5.72. The fourth-order valence-corrected chi connectivity index (χ4v) is 2.92. The molecule has 2 aromatic carbocycles. The van der Waals surface area contributed by atoms with Crippen LogP contribution in [0.15, 0.2) is 53.3 Å². The van der Waals surface area contributed by atoms with Crippen LogP contribution in [-0.4, -0.2) is 16.7 Å². The van der Waals surface area contributed by atoms with Crippen molar-refractivity contribution >= 4 is 34.2 Å². The number of Topliss-reactive ketones (excluding diaryl/α,β-unsaturated/α-hetero) is 1. The third kappa shape index (κ3) is 4.83. The van der Waals surface area contributed by atoms with Crippen LogP contribution in [0.3, 0.4) is 0 Å². The Morgan fingerprint density at radius 2 is 1.78 bits per heavy atom. The Labute approximate surface area is 161 Å². The fraction of sp³-hybridized carbons (Fsp3) is 0.190. The molecule has 0 bridgehead atoms. The first kappa shape index (κ1) is 18.9. The Morgan fingerprint density at radius 3 is 2.52 bits per heavy atom. The molecule has 0 atom stereocenters. The van der Waals surface area contributed by atoms with Gasteiger partial charge in [0.1, 0.15) is 0 Å². The van der Waals surface area contributed by atoms with E-state index in [9.17, 15) is 14.4 Å². The number of amides is 1. The van der Waals surface area contributed by atoms with Gasteiger partial charge in [-0.2, -0.15) is 0 Å². The average Bonchev–Trinajstić information content (AvgIpc) is 2.65. The van der Waals surface area contributed by atoms with Crippen LogP contribution in [0.5, 0.6) is 0 Å².